The maximum atomic E-state index is 11.6. The van der Waals surface area contributed by atoms with Crippen LogP contribution in [0.3, 0.4) is 0 Å². The zero-order valence-corrected chi connectivity index (χ0v) is 12.9. The molecular weight excluding hydrogens is 250 g/mol. The summed E-state index contributed by atoms with van der Waals surface area (Å²) in [6.45, 7) is 9.94. The Morgan fingerprint density at radius 2 is 2.15 bits per heavy atom. The minimum atomic E-state index is -0.643. The summed E-state index contributed by atoms with van der Waals surface area (Å²) in [5.41, 5.74) is 3.32. The van der Waals surface area contributed by atoms with Gasteiger partial charge < -0.3 is 5.11 Å². The van der Waals surface area contributed by atoms with E-state index < -0.39 is 11.4 Å². The highest BCUT2D eigenvalue weighted by Crippen LogP contribution is 2.38. The fourth-order valence-corrected chi connectivity index (χ4v) is 3.26. The molecule has 1 aromatic carbocycles. The van der Waals surface area contributed by atoms with Gasteiger partial charge in [-0.15, -0.1) is 0 Å². The van der Waals surface area contributed by atoms with Crippen molar-refractivity contribution < 1.29 is 9.90 Å². The van der Waals surface area contributed by atoms with Gasteiger partial charge in [0.25, 0.3) is 0 Å². The Morgan fingerprint density at radius 1 is 1.45 bits per heavy atom. The number of benzene rings is 1. The van der Waals surface area contributed by atoms with Gasteiger partial charge in [-0.25, -0.2) is 0 Å². The minimum absolute atomic E-state index is 0.280. The van der Waals surface area contributed by atoms with Crippen molar-refractivity contribution in [1.29, 1.82) is 0 Å². The fourth-order valence-electron chi connectivity index (χ4n) is 3.26. The fraction of sp³-hybridized carbons (Fsp3) is 0.588. The van der Waals surface area contributed by atoms with Gasteiger partial charge in [0.15, 0.2) is 0 Å². The molecule has 3 heteroatoms. The molecule has 0 aliphatic carbocycles. The molecule has 1 heterocycles. The molecule has 1 saturated heterocycles. The van der Waals surface area contributed by atoms with Crippen LogP contribution in [0, 0.1) is 19.3 Å². The lowest BCUT2D eigenvalue weighted by Gasteiger charge is -2.28. The topological polar surface area (TPSA) is 40.5 Å². The summed E-state index contributed by atoms with van der Waals surface area (Å²) in [6.07, 6.45) is 1.46. The minimum Gasteiger partial charge on any atom is -0.481 e. The number of aryl methyl sites for hydroxylation is 2. The van der Waals surface area contributed by atoms with Crippen molar-refractivity contribution in [2.24, 2.45) is 5.41 Å². The van der Waals surface area contributed by atoms with Crippen LogP contribution < -0.4 is 0 Å². The van der Waals surface area contributed by atoms with Crippen LogP contribution in [0.5, 0.6) is 0 Å². The molecule has 110 valence electrons. The predicted octanol–water partition coefficient (Wildman–Crippen LogP) is 3.55. The van der Waals surface area contributed by atoms with E-state index in [0.717, 1.165) is 13.0 Å². The summed E-state index contributed by atoms with van der Waals surface area (Å²) in [4.78, 5) is 13.9. The molecule has 3 nitrogen and oxygen atoms in total. The van der Waals surface area contributed by atoms with Crippen LogP contribution in [0.4, 0.5) is 0 Å². The van der Waals surface area contributed by atoms with Crippen molar-refractivity contribution >= 4 is 5.97 Å². The van der Waals surface area contributed by atoms with Gasteiger partial charge in [0.1, 0.15) is 0 Å². The van der Waals surface area contributed by atoms with Gasteiger partial charge in [0.05, 0.1) is 5.41 Å². The van der Waals surface area contributed by atoms with E-state index in [1.54, 1.807) is 0 Å². The molecule has 2 atom stereocenters. The zero-order valence-electron chi connectivity index (χ0n) is 12.9. The molecule has 0 radical (unpaired) electrons. The number of aliphatic carboxylic acids is 1. The third-order valence-corrected chi connectivity index (χ3v) is 4.95. The first-order valence-corrected chi connectivity index (χ1v) is 7.44. The summed E-state index contributed by atoms with van der Waals surface area (Å²) in [7, 11) is 0. The summed E-state index contributed by atoms with van der Waals surface area (Å²) in [5.74, 6) is -0.643. The highest BCUT2D eigenvalue weighted by molar-refractivity contribution is 5.75. The lowest BCUT2D eigenvalue weighted by Crippen LogP contribution is -2.35. The SMILES string of the molecule is CCC1(C(=O)O)CCN(C(C)c2cc(C)ccc2C)C1. The van der Waals surface area contributed by atoms with E-state index in [1.165, 1.54) is 16.7 Å². The highest BCUT2D eigenvalue weighted by Gasteiger charge is 2.44. The van der Waals surface area contributed by atoms with Crippen LogP contribution in [0.2, 0.25) is 0 Å². The number of likely N-dealkylation sites (tertiary alicyclic amines) is 1. The number of hydrogen-bond donors (Lipinski definition) is 1. The van der Waals surface area contributed by atoms with Crippen LogP contribution in [0.25, 0.3) is 0 Å². The first kappa shape index (κ1) is 15.0. The first-order chi connectivity index (χ1) is 9.39. The molecule has 0 saturated carbocycles. The molecule has 1 N–H and O–H groups in total. The van der Waals surface area contributed by atoms with Crippen molar-refractivity contribution in [1.82, 2.24) is 4.90 Å². The summed E-state index contributed by atoms with van der Waals surface area (Å²) >= 11 is 0. The molecule has 2 rings (SSSR count). The highest BCUT2D eigenvalue weighted by atomic mass is 16.4. The third-order valence-electron chi connectivity index (χ3n) is 4.95. The number of hydrogen-bond acceptors (Lipinski definition) is 2. The van der Waals surface area contributed by atoms with Gasteiger partial charge in [-0.05, 0) is 51.3 Å². The Morgan fingerprint density at radius 3 is 2.70 bits per heavy atom. The average molecular weight is 275 g/mol. The lowest BCUT2D eigenvalue weighted by molar-refractivity contribution is -0.148. The second kappa shape index (κ2) is 5.57. The van der Waals surface area contributed by atoms with E-state index in [-0.39, 0.29) is 6.04 Å². The largest absolute Gasteiger partial charge is 0.481 e. The smallest absolute Gasteiger partial charge is 0.310 e. The van der Waals surface area contributed by atoms with Crippen molar-refractivity contribution in [3.05, 3.63) is 34.9 Å². The van der Waals surface area contributed by atoms with Crippen molar-refractivity contribution in [2.75, 3.05) is 13.1 Å². The molecule has 20 heavy (non-hydrogen) atoms. The van der Waals surface area contributed by atoms with Gasteiger partial charge in [-0.2, -0.15) is 0 Å². The number of rotatable bonds is 4. The molecule has 1 aliphatic rings. The van der Waals surface area contributed by atoms with Gasteiger partial charge in [0.2, 0.25) is 0 Å². The second-order valence-corrected chi connectivity index (χ2v) is 6.20. The van der Waals surface area contributed by atoms with E-state index in [1.807, 2.05) is 6.92 Å². The third kappa shape index (κ3) is 2.59. The molecule has 2 unspecified atom stereocenters. The predicted molar refractivity (Wildman–Crippen MR) is 80.9 cm³/mol. The number of nitrogens with zero attached hydrogens (tertiary/aromatic N) is 1. The molecule has 1 aliphatic heterocycles. The molecule has 0 bridgehead atoms. The Balaban J connectivity index is 2.21. The summed E-state index contributed by atoms with van der Waals surface area (Å²) in [5, 5.41) is 9.51. The molecule has 1 fully saturated rings. The van der Waals surface area contributed by atoms with Gasteiger partial charge in [0, 0.05) is 12.6 Å². The van der Waals surface area contributed by atoms with Gasteiger partial charge in [-0.1, -0.05) is 30.7 Å². The molecule has 0 aromatic heterocycles. The normalized spacial score (nSPS) is 24.8. The summed E-state index contributed by atoms with van der Waals surface area (Å²) in [6, 6.07) is 6.79. The van der Waals surface area contributed by atoms with Gasteiger partial charge in [-0.3, -0.25) is 9.69 Å². The van der Waals surface area contributed by atoms with Gasteiger partial charge >= 0.3 is 5.97 Å². The average Bonchev–Trinajstić information content (AvgIpc) is 2.86. The van der Waals surface area contributed by atoms with Crippen molar-refractivity contribution in [2.45, 2.75) is 46.6 Å². The maximum Gasteiger partial charge on any atom is 0.310 e. The first-order valence-electron chi connectivity index (χ1n) is 7.44. The molecule has 0 amide bonds. The lowest BCUT2D eigenvalue weighted by atomic mass is 9.84. The maximum absolute atomic E-state index is 11.6. The van der Waals surface area contributed by atoms with Crippen LogP contribution in [0.1, 0.15) is 49.4 Å². The van der Waals surface area contributed by atoms with E-state index in [2.05, 4.69) is 43.9 Å². The van der Waals surface area contributed by atoms with Crippen LogP contribution in [0.15, 0.2) is 18.2 Å². The van der Waals surface area contributed by atoms with Crippen LogP contribution in [-0.4, -0.2) is 29.1 Å². The van der Waals surface area contributed by atoms with E-state index in [0.29, 0.717) is 13.0 Å². The second-order valence-electron chi connectivity index (χ2n) is 6.20. The van der Waals surface area contributed by atoms with E-state index in [4.69, 9.17) is 0 Å². The number of carbonyl (C=O) groups is 1. The monoisotopic (exact) mass is 275 g/mol. The Labute approximate surface area is 121 Å². The Hall–Kier alpha value is -1.35. The molecule has 1 aromatic rings. The standard InChI is InChI=1S/C17H25NO2/c1-5-17(16(19)20)8-9-18(11-17)14(4)15-10-12(2)6-7-13(15)3/h6-7,10,14H,5,8-9,11H2,1-4H3,(H,19,20). The van der Waals surface area contributed by atoms with Crippen LogP contribution >= 0.6 is 0 Å². The summed E-state index contributed by atoms with van der Waals surface area (Å²) < 4.78 is 0. The molecule has 0 spiro atoms. The Bertz CT molecular complexity index is 512. The number of carboxylic acid groups (broad SMARTS) is 1. The van der Waals surface area contributed by atoms with E-state index in [9.17, 15) is 9.90 Å². The molecular formula is C17H25NO2. The van der Waals surface area contributed by atoms with Crippen molar-refractivity contribution in [3.63, 3.8) is 0 Å². The van der Waals surface area contributed by atoms with E-state index >= 15 is 0 Å². The number of carboxylic acids is 1. The van der Waals surface area contributed by atoms with Crippen molar-refractivity contribution in [3.8, 4) is 0 Å². The van der Waals surface area contributed by atoms with Crippen LogP contribution in [-0.2, 0) is 4.79 Å². The Kier molecular flexibility index (Phi) is 4.19. The quantitative estimate of drug-likeness (QED) is 0.913. The zero-order chi connectivity index (χ0) is 14.9.